The summed E-state index contributed by atoms with van der Waals surface area (Å²) in [4.78, 5) is 2.15. The van der Waals surface area contributed by atoms with E-state index >= 15 is 0 Å². The van der Waals surface area contributed by atoms with Gasteiger partial charge < -0.3 is 10.6 Å². The monoisotopic (exact) mass is 192 g/mol. The van der Waals surface area contributed by atoms with Gasteiger partial charge in [-0.2, -0.15) is 0 Å². The molecule has 1 aromatic carbocycles. The number of nitrogens with zero attached hydrogens (tertiary/aromatic N) is 1. The van der Waals surface area contributed by atoms with Gasteiger partial charge in [-0.05, 0) is 49.6 Å². The van der Waals surface area contributed by atoms with Gasteiger partial charge in [-0.1, -0.05) is 6.07 Å². The van der Waals surface area contributed by atoms with E-state index in [-0.39, 0.29) is 0 Å². The van der Waals surface area contributed by atoms with Gasteiger partial charge in [0, 0.05) is 19.8 Å². The van der Waals surface area contributed by atoms with Crippen LogP contribution < -0.4 is 10.6 Å². The largest absolute Gasteiger partial charge is 0.377 e. The van der Waals surface area contributed by atoms with E-state index in [1.54, 1.807) is 0 Å². The summed E-state index contributed by atoms with van der Waals surface area (Å²) < 4.78 is 0. The van der Waals surface area contributed by atoms with Crippen molar-refractivity contribution in [2.45, 2.75) is 20.3 Å². The lowest BCUT2D eigenvalue weighted by atomic mass is 10.0. The Morgan fingerprint density at radius 1 is 1.14 bits per heavy atom. The van der Waals surface area contributed by atoms with Gasteiger partial charge >= 0.3 is 0 Å². The molecule has 0 bridgehead atoms. The topological polar surface area (TPSA) is 29.3 Å². The van der Waals surface area contributed by atoms with E-state index in [1.807, 2.05) is 0 Å². The zero-order valence-corrected chi connectivity index (χ0v) is 9.59. The lowest BCUT2D eigenvalue weighted by Gasteiger charge is -2.19. The molecular formula is C12H20N2. The Bertz CT molecular complexity index is 316. The molecule has 0 spiro atoms. The van der Waals surface area contributed by atoms with Gasteiger partial charge in [-0.25, -0.2) is 0 Å². The Hall–Kier alpha value is -1.02. The SMILES string of the molecule is Cc1cc(CCN)c(N(C)C)cc1C. The number of aryl methyl sites for hydroxylation is 2. The van der Waals surface area contributed by atoms with E-state index in [0.29, 0.717) is 6.54 Å². The van der Waals surface area contributed by atoms with Crippen LogP contribution in [0, 0.1) is 13.8 Å². The molecule has 14 heavy (non-hydrogen) atoms. The maximum Gasteiger partial charge on any atom is 0.0396 e. The molecule has 2 N–H and O–H groups in total. The summed E-state index contributed by atoms with van der Waals surface area (Å²) in [5, 5.41) is 0. The predicted octanol–water partition coefficient (Wildman–Crippen LogP) is 1.87. The Labute approximate surface area is 86.7 Å². The molecule has 78 valence electrons. The molecule has 2 heteroatoms. The molecule has 0 radical (unpaired) electrons. The van der Waals surface area contributed by atoms with E-state index in [0.717, 1.165) is 6.42 Å². The van der Waals surface area contributed by atoms with Crippen LogP contribution in [0.25, 0.3) is 0 Å². The summed E-state index contributed by atoms with van der Waals surface area (Å²) in [5.41, 5.74) is 10.9. The minimum absolute atomic E-state index is 0.712. The van der Waals surface area contributed by atoms with Gasteiger partial charge in [0.2, 0.25) is 0 Å². The van der Waals surface area contributed by atoms with Crippen LogP contribution >= 0.6 is 0 Å². The first-order valence-corrected chi connectivity index (χ1v) is 5.03. The second-order valence-corrected chi connectivity index (χ2v) is 4.00. The molecule has 0 aliphatic heterocycles. The summed E-state index contributed by atoms with van der Waals surface area (Å²) in [6.45, 7) is 5.01. The molecule has 0 aliphatic carbocycles. The molecule has 0 atom stereocenters. The Morgan fingerprint density at radius 2 is 1.71 bits per heavy atom. The summed E-state index contributed by atoms with van der Waals surface area (Å²) >= 11 is 0. The van der Waals surface area contributed by atoms with Crippen LogP contribution in [0.2, 0.25) is 0 Å². The highest BCUT2D eigenvalue weighted by Gasteiger charge is 2.06. The summed E-state index contributed by atoms with van der Waals surface area (Å²) in [6.07, 6.45) is 0.953. The van der Waals surface area contributed by atoms with Crippen LogP contribution in [-0.2, 0) is 6.42 Å². The van der Waals surface area contributed by atoms with Crippen molar-refractivity contribution in [3.8, 4) is 0 Å². The van der Waals surface area contributed by atoms with Crippen molar-refractivity contribution in [3.63, 3.8) is 0 Å². The van der Waals surface area contributed by atoms with E-state index < -0.39 is 0 Å². The fraction of sp³-hybridized carbons (Fsp3) is 0.500. The standard InChI is InChI=1S/C12H20N2/c1-9-7-11(5-6-13)12(14(3)4)8-10(9)2/h7-8H,5-6,13H2,1-4H3. The fourth-order valence-corrected chi connectivity index (χ4v) is 1.63. The molecule has 0 amide bonds. The second-order valence-electron chi connectivity index (χ2n) is 4.00. The quantitative estimate of drug-likeness (QED) is 0.792. The first kappa shape index (κ1) is 11.1. The van der Waals surface area contributed by atoms with Crippen LogP contribution in [0.5, 0.6) is 0 Å². The summed E-state index contributed by atoms with van der Waals surface area (Å²) in [5.74, 6) is 0. The van der Waals surface area contributed by atoms with Crippen LogP contribution in [0.4, 0.5) is 5.69 Å². The smallest absolute Gasteiger partial charge is 0.0396 e. The first-order chi connectivity index (χ1) is 6.56. The molecule has 1 rings (SSSR count). The number of nitrogens with two attached hydrogens (primary N) is 1. The number of hydrogen-bond acceptors (Lipinski definition) is 2. The highest BCUT2D eigenvalue weighted by Crippen LogP contribution is 2.23. The van der Waals surface area contributed by atoms with E-state index in [9.17, 15) is 0 Å². The van der Waals surface area contributed by atoms with E-state index in [4.69, 9.17) is 5.73 Å². The molecule has 0 fully saturated rings. The normalized spacial score (nSPS) is 10.4. The zero-order valence-electron chi connectivity index (χ0n) is 9.59. The van der Waals surface area contributed by atoms with Crippen molar-refractivity contribution in [1.82, 2.24) is 0 Å². The Balaban J connectivity index is 3.17. The molecule has 2 nitrogen and oxygen atoms in total. The Morgan fingerprint density at radius 3 is 2.21 bits per heavy atom. The lowest BCUT2D eigenvalue weighted by Crippen LogP contribution is -2.14. The third-order valence-corrected chi connectivity index (χ3v) is 2.59. The molecular weight excluding hydrogens is 172 g/mol. The van der Waals surface area contributed by atoms with Crippen LogP contribution in [0.15, 0.2) is 12.1 Å². The maximum absolute atomic E-state index is 5.60. The number of anilines is 1. The van der Waals surface area contributed by atoms with Gasteiger partial charge in [-0.3, -0.25) is 0 Å². The third kappa shape index (κ3) is 2.26. The van der Waals surface area contributed by atoms with Crippen molar-refractivity contribution < 1.29 is 0 Å². The molecule has 0 aromatic heterocycles. The molecule has 0 saturated carbocycles. The van der Waals surface area contributed by atoms with Crippen molar-refractivity contribution >= 4 is 5.69 Å². The average molecular weight is 192 g/mol. The van der Waals surface area contributed by atoms with Crippen LogP contribution in [-0.4, -0.2) is 20.6 Å². The fourth-order valence-electron chi connectivity index (χ4n) is 1.63. The van der Waals surface area contributed by atoms with Gasteiger partial charge in [0.15, 0.2) is 0 Å². The number of rotatable bonds is 3. The van der Waals surface area contributed by atoms with Gasteiger partial charge in [0.25, 0.3) is 0 Å². The molecule has 0 aliphatic rings. The van der Waals surface area contributed by atoms with Crippen LogP contribution in [0.3, 0.4) is 0 Å². The highest BCUT2D eigenvalue weighted by atomic mass is 15.1. The number of hydrogen-bond donors (Lipinski definition) is 1. The van der Waals surface area contributed by atoms with Gasteiger partial charge in [0.1, 0.15) is 0 Å². The third-order valence-electron chi connectivity index (χ3n) is 2.59. The van der Waals surface area contributed by atoms with Crippen LogP contribution in [0.1, 0.15) is 16.7 Å². The lowest BCUT2D eigenvalue weighted by molar-refractivity contribution is 0.950. The molecule has 1 aromatic rings. The van der Waals surface area contributed by atoms with Crippen molar-refractivity contribution in [2.24, 2.45) is 5.73 Å². The molecule has 0 heterocycles. The van der Waals surface area contributed by atoms with Crippen molar-refractivity contribution in [2.75, 3.05) is 25.5 Å². The maximum atomic E-state index is 5.60. The minimum atomic E-state index is 0.712. The summed E-state index contributed by atoms with van der Waals surface area (Å²) in [7, 11) is 4.15. The summed E-state index contributed by atoms with van der Waals surface area (Å²) in [6, 6.07) is 4.48. The zero-order chi connectivity index (χ0) is 10.7. The first-order valence-electron chi connectivity index (χ1n) is 5.03. The Kier molecular flexibility index (Phi) is 3.53. The highest BCUT2D eigenvalue weighted by molar-refractivity contribution is 5.56. The number of benzene rings is 1. The second kappa shape index (κ2) is 4.47. The van der Waals surface area contributed by atoms with E-state index in [2.05, 4.69) is 45.0 Å². The van der Waals surface area contributed by atoms with E-state index in [1.165, 1.54) is 22.4 Å². The predicted molar refractivity (Wildman–Crippen MR) is 63.0 cm³/mol. The van der Waals surface area contributed by atoms with Crippen molar-refractivity contribution in [1.29, 1.82) is 0 Å². The van der Waals surface area contributed by atoms with Gasteiger partial charge in [0.05, 0.1) is 0 Å². The average Bonchev–Trinajstić information content (AvgIpc) is 2.11. The van der Waals surface area contributed by atoms with Gasteiger partial charge in [-0.15, -0.1) is 0 Å². The minimum Gasteiger partial charge on any atom is -0.377 e. The molecule has 0 saturated heterocycles. The van der Waals surface area contributed by atoms with Crippen molar-refractivity contribution in [3.05, 3.63) is 28.8 Å². The molecule has 0 unspecified atom stereocenters.